The maximum absolute atomic E-state index is 6.41. The average molecular weight is 423 g/mol. The van der Waals surface area contributed by atoms with Crippen molar-refractivity contribution < 1.29 is 9.47 Å². The molecule has 2 aliphatic rings. The van der Waals surface area contributed by atoms with E-state index in [1.54, 1.807) is 6.20 Å². The van der Waals surface area contributed by atoms with Crippen molar-refractivity contribution in [2.75, 3.05) is 0 Å². The maximum atomic E-state index is 6.41. The third-order valence-electron chi connectivity index (χ3n) is 6.51. The number of benzene rings is 4. The molecule has 0 aliphatic carbocycles. The predicted octanol–water partition coefficient (Wildman–Crippen LogP) is 5.14. The molecular weight excluding hydrogens is 405 g/mol. The van der Waals surface area contributed by atoms with E-state index in [0.717, 1.165) is 56.1 Å². The van der Waals surface area contributed by atoms with E-state index in [-0.39, 0.29) is 6.71 Å². The third kappa shape index (κ3) is 2.88. The fourth-order valence-corrected chi connectivity index (χ4v) is 4.95. The number of nitrogens with zero attached hydrogens (tertiary/aromatic N) is 1. The number of ether oxygens (including phenoxy) is 2. The SMILES string of the molecule is c1ccc(-c2ccc3c(c2)Oc2cccc4c2B3c2ccc(-c3cccnc3)cc2O4)cc1. The highest BCUT2D eigenvalue weighted by molar-refractivity contribution is 6.98. The third-order valence-corrected chi connectivity index (χ3v) is 6.51. The Balaban J connectivity index is 1.40. The van der Waals surface area contributed by atoms with Crippen LogP contribution in [0.2, 0.25) is 0 Å². The van der Waals surface area contributed by atoms with Crippen LogP contribution in [0.5, 0.6) is 23.0 Å². The summed E-state index contributed by atoms with van der Waals surface area (Å²) < 4.78 is 12.8. The Morgan fingerprint density at radius 2 is 1.15 bits per heavy atom. The molecule has 0 unspecified atom stereocenters. The van der Waals surface area contributed by atoms with Crippen molar-refractivity contribution in [3.63, 3.8) is 0 Å². The van der Waals surface area contributed by atoms with Gasteiger partial charge in [-0.15, -0.1) is 0 Å². The molecule has 1 aromatic heterocycles. The van der Waals surface area contributed by atoms with Crippen LogP contribution >= 0.6 is 0 Å². The van der Waals surface area contributed by atoms with Gasteiger partial charge in [0.25, 0.3) is 6.71 Å². The molecule has 0 bridgehead atoms. The van der Waals surface area contributed by atoms with E-state index in [1.165, 1.54) is 5.56 Å². The van der Waals surface area contributed by atoms with Crippen molar-refractivity contribution >= 4 is 23.1 Å². The molecule has 0 saturated heterocycles. The van der Waals surface area contributed by atoms with Gasteiger partial charge < -0.3 is 9.47 Å². The summed E-state index contributed by atoms with van der Waals surface area (Å²) in [7, 11) is 0. The summed E-state index contributed by atoms with van der Waals surface area (Å²) in [6.45, 7) is 0.0662. The lowest BCUT2D eigenvalue weighted by Gasteiger charge is -2.33. The second-order valence-electron chi connectivity index (χ2n) is 8.42. The first-order valence-corrected chi connectivity index (χ1v) is 11.1. The van der Waals surface area contributed by atoms with Gasteiger partial charge in [0.05, 0.1) is 0 Å². The van der Waals surface area contributed by atoms with Crippen molar-refractivity contribution in [1.29, 1.82) is 0 Å². The molecule has 0 spiro atoms. The van der Waals surface area contributed by atoms with Crippen LogP contribution in [0.25, 0.3) is 22.3 Å². The summed E-state index contributed by atoms with van der Waals surface area (Å²) in [5.41, 5.74) is 7.90. The van der Waals surface area contributed by atoms with Gasteiger partial charge in [-0.3, -0.25) is 4.98 Å². The Kier molecular flexibility index (Phi) is 3.94. The first kappa shape index (κ1) is 18.3. The van der Waals surface area contributed by atoms with Crippen molar-refractivity contribution in [2.24, 2.45) is 0 Å². The molecule has 0 radical (unpaired) electrons. The molecule has 154 valence electrons. The van der Waals surface area contributed by atoms with Crippen LogP contribution in [0.3, 0.4) is 0 Å². The monoisotopic (exact) mass is 423 g/mol. The molecule has 33 heavy (non-hydrogen) atoms. The van der Waals surface area contributed by atoms with E-state index in [2.05, 4.69) is 71.7 Å². The fraction of sp³-hybridized carbons (Fsp3) is 0. The number of hydrogen-bond donors (Lipinski definition) is 0. The molecule has 0 fully saturated rings. The van der Waals surface area contributed by atoms with Gasteiger partial charge in [0.1, 0.15) is 23.0 Å². The van der Waals surface area contributed by atoms with E-state index in [1.807, 2.05) is 36.5 Å². The van der Waals surface area contributed by atoms with Gasteiger partial charge in [-0.2, -0.15) is 0 Å². The first-order chi connectivity index (χ1) is 16.3. The highest BCUT2D eigenvalue weighted by atomic mass is 16.5. The van der Waals surface area contributed by atoms with Crippen LogP contribution in [-0.4, -0.2) is 11.7 Å². The molecule has 7 rings (SSSR count). The van der Waals surface area contributed by atoms with E-state index >= 15 is 0 Å². The lowest BCUT2D eigenvalue weighted by atomic mass is 9.35. The molecule has 0 N–H and O–H groups in total. The largest absolute Gasteiger partial charge is 0.458 e. The van der Waals surface area contributed by atoms with E-state index in [9.17, 15) is 0 Å². The van der Waals surface area contributed by atoms with Crippen LogP contribution in [0, 0.1) is 0 Å². The Labute approximate surface area is 192 Å². The van der Waals surface area contributed by atoms with Crippen molar-refractivity contribution in [3.05, 3.63) is 109 Å². The number of aromatic nitrogens is 1. The zero-order chi connectivity index (χ0) is 21.8. The Morgan fingerprint density at radius 3 is 1.79 bits per heavy atom. The Hall–Kier alpha value is -4.31. The maximum Gasteiger partial charge on any atom is 0.260 e. The average Bonchev–Trinajstić information content (AvgIpc) is 2.89. The molecule has 4 heteroatoms. The van der Waals surface area contributed by atoms with Crippen molar-refractivity contribution in [1.82, 2.24) is 4.98 Å². The zero-order valence-corrected chi connectivity index (χ0v) is 17.7. The molecule has 0 amide bonds. The molecule has 4 aromatic carbocycles. The van der Waals surface area contributed by atoms with E-state index < -0.39 is 0 Å². The van der Waals surface area contributed by atoms with Gasteiger partial charge in [0, 0.05) is 23.4 Å². The standard InChI is InChI=1S/C29H18BNO2/c1-2-6-19(7-3-1)20-11-13-23-27(16-20)32-25-9-4-10-26-29(25)30(23)24-14-12-21(17-28(24)33-26)22-8-5-15-31-18-22/h1-18H. The normalized spacial score (nSPS) is 12.7. The van der Waals surface area contributed by atoms with Crippen LogP contribution < -0.4 is 25.9 Å². The Morgan fingerprint density at radius 1 is 0.515 bits per heavy atom. The smallest absolute Gasteiger partial charge is 0.260 e. The zero-order valence-electron chi connectivity index (χ0n) is 17.7. The summed E-state index contributed by atoms with van der Waals surface area (Å²) in [5, 5.41) is 0. The molecular formula is C29H18BNO2. The number of pyridine rings is 1. The topological polar surface area (TPSA) is 31.4 Å². The summed E-state index contributed by atoms with van der Waals surface area (Å²) in [6.07, 6.45) is 3.67. The number of hydrogen-bond acceptors (Lipinski definition) is 3. The predicted molar refractivity (Wildman–Crippen MR) is 133 cm³/mol. The minimum Gasteiger partial charge on any atom is -0.458 e. The number of fused-ring (bicyclic) bond motifs is 4. The lowest BCUT2D eigenvalue weighted by molar-refractivity contribution is 0.464. The summed E-state index contributed by atoms with van der Waals surface area (Å²) in [4.78, 5) is 4.27. The highest BCUT2D eigenvalue weighted by Crippen LogP contribution is 2.36. The summed E-state index contributed by atoms with van der Waals surface area (Å²) in [5.74, 6) is 3.49. The quantitative estimate of drug-likeness (QED) is 0.361. The van der Waals surface area contributed by atoms with Crippen LogP contribution in [0.15, 0.2) is 109 Å². The van der Waals surface area contributed by atoms with Gasteiger partial charge in [-0.1, -0.05) is 66.7 Å². The van der Waals surface area contributed by atoms with Gasteiger partial charge in [-0.05, 0) is 57.9 Å². The minimum atomic E-state index is 0.0662. The molecule has 5 aromatic rings. The second kappa shape index (κ2) is 7.11. The van der Waals surface area contributed by atoms with Crippen molar-refractivity contribution in [3.8, 4) is 45.3 Å². The van der Waals surface area contributed by atoms with Gasteiger partial charge in [-0.25, -0.2) is 0 Å². The van der Waals surface area contributed by atoms with E-state index in [0.29, 0.717) is 0 Å². The molecule has 0 atom stereocenters. The molecule has 2 aliphatic heterocycles. The molecule has 3 nitrogen and oxygen atoms in total. The lowest BCUT2D eigenvalue weighted by Crippen LogP contribution is -2.57. The van der Waals surface area contributed by atoms with E-state index in [4.69, 9.17) is 9.47 Å². The highest BCUT2D eigenvalue weighted by Gasteiger charge is 2.40. The molecule has 3 heterocycles. The van der Waals surface area contributed by atoms with Gasteiger partial charge >= 0.3 is 0 Å². The van der Waals surface area contributed by atoms with Gasteiger partial charge in [0.15, 0.2) is 0 Å². The Bertz CT molecular complexity index is 1400. The summed E-state index contributed by atoms with van der Waals surface area (Å²) in [6, 6.07) is 33.5. The molecule has 0 saturated carbocycles. The second-order valence-corrected chi connectivity index (χ2v) is 8.42. The van der Waals surface area contributed by atoms with Crippen molar-refractivity contribution in [2.45, 2.75) is 0 Å². The van der Waals surface area contributed by atoms with Gasteiger partial charge in [0.2, 0.25) is 0 Å². The summed E-state index contributed by atoms with van der Waals surface area (Å²) >= 11 is 0. The van der Waals surface area contributed by atoms with Crippen LogP contribution in [-0.2, 0) is 0 Å². The number of rotatable bonds is 2. The first-order valence-electron chi connectivity index (χ1n) is 11.1. The minimum absolute atomic E-state index is 0.0662. The van der Waals surface area contributed by atoms with Crippen LogP contribution in [0.4, 0.5) is 0 Å². The fourth-order valence-electron chi connectivity index (χ4n) is 4.95. The van der Waals surface area contributed by atoms with Crippen LogP contribution in [0.1, 0.15) is 0 Å².